The second-order valence-corrected chi connectivity index (χ2v) is 5.83. The highest BCUT2D eigenvalue weighted by atomic mass is 32.2. The van der Waals surface area contributed by atoms with Crippen molar-refractivity contribution in [1.82, 2.24) is 4.72 Å². The Morgan fingerprint density at radius 1 is 1.42 bits per heavy atom. The lowest BCUT2D eigenvalue weighted by Gasteiger charge is -2.07. The lowest BCUT2D eigenvalue weighted by molar-refractivity contribution is 0.350. The van der Waals surface area contributed by atoms with E-state index in [-0.39, 0.29) is 24.5 Å². The maximum atomic E-state index is 13.5. The van der Waals surface area contributed by atoms with Crippen LogP contribution in [-0.4, -0.2) is 25.9 Å². The molecule has 1 rings (SSSR count). The van der Waals surface area contributed by atoms with Gasteiger partial charge >= 0.3 is 0 Å². The number of aliphatic hydroxyl groups excluding tert-OH is 1. The summed E-state index contributed by atoms with van der Waals surface area (Å²) in [5.41, 5.74) is 0.754. The van der Waals surface area contributed by atoms with E-state index in [1.54, 1.807) is 6.92 Å². The topological polar surface area (TPSA) is 66.4 Å². The molecule has 0 saturated heterocycles. The van der Waals surface area contributed by atoms with Crippen LogP contribution < -0.4 is 4.72 Å². The smallest absolute Gasteiger partial charge is 0.211 e. The van der Waals surface area contributed by atoms with Gasteiger partial charge in [0.05, 0.1) is 5.75 Å². The third-order valence-corrected chi connectivity index (χ3v) is 3.84. The minimum absolute atomic E-state index is 0.0125. The van der Waals surface area contributed by atoms with E-state index in [0.29, 0.717) is 12.0 Å². The van der Waals surface area contributed by atoms with Crippen LogP contribution in [0.15, 0.2) is 18.2 Å². The fourth-order valence-electron chi connectivity index (χ4n) is 1.46. The third-order valence-electron chi connectivity index (χ3n) is 2.31. The van der Waals surface area contributed by atoms with Crippen molar-refractivity contribution in [3.8, 4) is 11.8 Å². The number of hydrogen-bond acceptors (Lipinski definition) is 3. The molecule has 0 saturated carbocycles. The molecule has 0 aliphatic carbocycles. The van der Waals surface area contributed by atoms with Gasteiger partial charge in [-0.1, -0.05) is 18.8 Å². The summed E-state index contributed by atoms with van der Waals surface area (Å²) in [6, 6.07) is 4.17. The highest BCUT2D eigenvalue weighted by molar-refractivity contribution is 7.89. The van der Waals surface area contributed by atoms with Crippen molar-refractivity contribution in [2.24, 2.45) is 0 Å². The van der Waals surface area contributed by atoms with E-state index in [9.17, 15) is 12.8 Å². The molecular formula is C13H16FNO3S. The van der Waals surface area contributed by atoms with E-state index in [1.807, 2.05) is 0 Å². The molecular weight excluding hydrogens is 269 g/mol. The largest absolute Gasteiger partial charge is 0.384 e. The molecule has 0 unspecified atom stereocenters. The zero-order chi connectivity index (χ0) is 14.3. The fraction of sp³-hybridized carbons (Fsp3) is 0.385. The van der Waals surface area contributed by atoms with E-state index >= 15 is 0 Å². The zero-order valence-electron chi connectivity index (χ0n) is 10.6. The van der Waals surface area contributed by atoms with Crippen LogP contribution in [-0.2, 0) is 16.6 Å². The van der Waals surface area contributed by atoms with Gasteiger partial charge in [0.25, 0.3) is 0 Å². The molecule has 104 valence electrons. The summed E-state index contributed by atoms with van der Waals surface area (Å²) in [5, 5.41) is 8.58. The molecule has 0 amide bonds. The van der Waals surface area contributed by atoms with Crippen LogP contribution in [0.2, 0.25) is 0 Å². The quantitative estimate of drug-likeness (QED) is 0.793. The second-order valence-electron chi connectivity index (χ2n) is 3.91. The first-order valence-electron chi connectivity index (χ1n) is 5.84. The number of rotatable bonds is 5. The molecule has 0 fully saturated rings. The molecule has 0 aliphatic heterocycles. The predicted molar refractivity (Wildman–Crippen MR) is 71.3 cm³/mol. The second kappa shape index (κ2) is 7.24. The number of sulfonamides is 1. The van der Waals surface area contributed by atoms with Gasteiger partial charge in [-0.2, -0.15) is 0 Å². The third kappa shape index (κ3) is 5.39. The van der Waals surface area contributed by atoms with Crippen molar-refractivity contribution in [1.29, 1.82) is 0 Å². The SMILES string of the molecule is CCCS(=O)(=O)NCc1cc(C#CCO)ccc1F. The van der Waals surface area contributed by atoms with Crippen LogP contribution in [0.3, 0.4) is 0 Å². The summed E-state index contributed by atoms with van der Waals surface area (Å²) in [7, 11) is -3.37. The van der Waals surface area contributed by atoms with Crippen molar-refractivity contribution < 1.29 is 17.9 Å². The van der Waals surface area contributed by atoms with E-state index in [0.717, 1.165) is 0 Å². The van der Waals surface area contributed by atoms with Gasteiger partial charge < -0.3 is 5.11 Å². The molecule has 0 spiro atoms. The Hall–Kier alpha value is -1.42. The number of nitrogens with one attached hydrogen (secondary N) is 1. The van der Waals surface area contributed by atoms with Crippen molar-refractivity contribution in [2.45, 2.75) is 19.9 Å². The van der Waals surface area contributed by atoms with Gasteiger partial charge in [0.2, 0.25) is 10.0 Å². The van der Waals surface area contributed by atoms with Gasteiger partial charge in [-0.15, -0.1) is 0 Å². The maximum Gasteiger partial charge on any atom is 0.211 e. The van der Waals surface area contributed by atoms with Gasteiger partial charge in [0, 0.05) is 17.7 Å². The zero-order valence-corrected chi connectivity index (χ0v) is 11.4. The normalized spacial score (nSPS) is 10.9. The molecule has 0 atom stereocenters. The number of aliphatic hydroxyl groups is 1. The van der Waals surface area contributed by atoms with E-state index in [1.165, 1.54) is 18.2 Å². The Kier molecular flexibility index (Phi) is 5.96. The van der Waals surface area contributed by atoms with Gasteiger partial charge in [-0.3, -0.25) is 0 Å². The molecule has 1 aromatic carbocycles. The Balaban J connectivity index is 2.83. The van der Waals surface area contributed by atoms with Crippen LogP contribution in [0, 0.1) is 17.7 Å². The van der Waals surface area contributed by atoms with Crippen LogP contribution in [0.25, 0.3) is 0 Å². The van der Waals surface area contributed by atoms with Gasteiger partial charge in [-0.05, 0) is 24.6 Å². The first kappa shape index (κ1) is 15.6. The summed E-state index contributed by atoms with van der Waals surface area (Å²) in [6.45, 7) is 1.36. The Morgan fingerprint density at radius 2 is 2.16 bits per heavy atom. The van der Waals surface area contributed by atoms with E-state index in [2.05, 4.69) is 16.6 Å². The van der Waals surface area contributed by atoms with Crippen molar-refractivity contribution in [3.63, 3.8) is 0 Å². The lowest BCUT2D eigenvalue weighted by Crippen LogP contribution is -2.26. The molecule has 0 aliphatic rings. The summed E-state index contributed by atoms with van der Waals surface area (Å²) in [4.78, 5) is 0. The predicted octanol–water partition coefficient (Wildman–Crippen LogP) is 0.999. The molecule has 0 bridgehead atoms. The summed E-state index contributed by atoms with van der Waals surface area (Å²) >= 11 is 0. The maximum absolute atomic E-state index is 13.5. The van der Waals surface area contributed by atoms with Crippen LogP contribution in [0.1, 0.15) is 24.5 Å². The minimum Gasteiger partial charge on any atom is -0.384 e. The Morgan fingerprint density at radius 3 is 2.79 bits per heavy atom. The van der Waals surface area contributed by atoms with E-state index < -0.39 is 15.8 Å². The molecule has 4 nitrogen and oxygen atoms in total. The molecule has 2 N–H and O–H groups in total. The Labute approximate surface area is 112 Å². The highest BCUT2D eigenvalue weighted by Crippen LogP contribution is 2.10. The summed E-state index contributed by atoms with van der Waals surface area (Å²) < 4.78 is 38.8. The number of benzene rings is 1. The first-order chi connectivity index (χ1) is 8.98. The molecule has 1 aromatic rings. The minimum atomic E-state index is -3.37. The molecule has 0 heterocycles. The monoisotopic (exact) mass is 285 g/mol. The van der Waals surface area contributed by atoms with Crippen molar-refractivity contribution in [2.75, 3.05) is 12.4 Å². The lowest BCUT2D eigenvalue weighted by atomic mass is 10.1. The van der Waals surface area contributed by atoms with Crippen molar-refractivity contribution in [3.05, 3.63) is 35.1 Å². The van der Waals surface area contributed by atoms with Crippen LogP contribution in [0.5, 0.6) is 0 Å². The van der Waals surface area contributed by atoms with Gasteiger partial charge in [-0.25, -0.2) is 17.5 Å². The summed E-state index contributed by atoms with van der Waals surface area (Å²) in [6.07, 6.45) is 0.500. The van der Waals surface area contributed by atoms with Gasteiger partial charge in [0.1, 0.15) is 12.4 Å². The number of hydrogen-bond donors (Lipinski definition) is 2. The molecule has 19 heavy (non-hydrogen) atoms. The Bertz CT molecular complexity index is 588. The summed E-state index contributed by atoms with van der Waals surface area (Å²) in [5.74, 6) is 4.61. The van der Waals surface area contributed by atoms with E-state index in [4.69, 9.17) is 5.11 Å². The van der Waals surface area contributed by atoms with Crippen molar-refractivity contribution >= 4 is 10.0 Å². The standard InChI is InChI=1S/C13H16FNO3S/c1-2-8-19(17,18)15-10-12-9-11(4-3-7-16)5-6-13(12)14/h5-6,9,15-16H,2,7-8,10H2,1H3. The molecule has 6 heteroatoms. The average molecular weight is 285 g/mol. The molecule has 0 radical (unpaired) electrons. The first-order valence-corrected chi connectivity index (χ1v) is 7.49. The molecule has 0 aromatic heterocycles. The average Bonchev–Trinajstić information content (AvgIpc) is 2.36. The van der Waals surface area contributed by atoms with Gasteiger partial charge in [0.15, 0.2) is 0 Å². The highest BCUT2D eigenvalue weighted by Gasteiger charge is 2.10. The van der Waals surface area contributed by atoms with Crippen LogP contribution in [0.4, 0.5) is 4.39 Å². The number of halogens is 1. The van der Waals surface area contributed by atoms with Crippen LogP contribution >= 0.6 is 0 Å². The fourth-order valence-corrected chi connectivity index (χ4v) is 2.52.